The molecule has 6 nitrogen and oxygen atoms in total. The van der Waals surface area contributed by atoms with Crippen molar-refractivity contribution in [3.8, 4) is 0 Å². The van der Waals surface area contributed by atoms with Crippen LogP contribution in [0.3, 0.4) is 0 Å². The average Bonchev–Trinajstić information content (AvgIpc) is 3.29. The van der Waals surface area contributed by atoms with Gasteiger partial charge in [-0.25, -0.2) is 9.97 Å². The van der Waals surface area contributed by atoms with Crippen LogP contribution in [0.15, 0.2) is 67.0 Å². The number of nitrogens with one attached hydrogen (secondary N) is 1. The van der Waals surface area contributed by atoms with Crippen molar-refractivity contribution in [2.45, 2.75) is 12.8 Å². The van der Waals surface area contributed by atoms with Crippen LogP contribution in [0.5, 0.6) is 0 Å². The van der Waals surface area contributed by atoms with Crippen LogP contribution in [0, 0.1) is 0 Å². The van der Waals surface area contributed by atoms with Gasteiger partial charge in [-0.3, -0.25) is 4.79 Å². The molecule has 1 saturated heterocycles. The quantitative estimate of drug-likeness (QED) is 0.730. The van der Waals surface area contributed by atoms with E-state index in [1.165, 1.54) is 18.5 Å². The molecule has 0 bridgehead atoms. The lowest BCUT2D eigenvalue weighted by molar-refractivity contribution is 0.102. The fourth-order valence-corrected chi connectivity index (χ4v) is 3.31. The van der Waals surface area contributed by atoms with E-state index in [9.17, 15) is 4.79 Å². The summed E-state index contributed by atoms with van der Waals surface area (Å²) in [5.41, 5.74) is 3.37. The third-order valence-corrected chi connectivity index (χ3v) is 4.94. The lowest BCUT2D eigenvalue weighted by Crippen LogP contribution is -2.18. The number of amides is 1. The molecule has 2 heterocycles. The van der Waals surface area contributed by atoms with E-state index in [0.717, 1.165) is 24.5 Å². The molecule has 0 spiro atoms. The van der Waals surface area contributed by atoms with Gasteiger partial charge in [0.1, 0.15) is 0 Å². The molecule has 1 amide bonds. The highest BCUT2D eigenvalue weighted by atomic mass is 16.1. The molecule has 1 aliphatic heterocycles. The number of para-hydroxylation sites is 1. The predicted molar refractivity (Wildman–Crippen MR) is 112 cm³/mol. The normalized spacial score (nSPS) is 13.4. The Hall–Kier alpha value is -3.41. The largest absolute Gasteiger partial charge is 0.372 e. The molecule has 6 heteroatoms. The predicted octanol–water partition coefficient (Wildman–Crippen LogP) is 4.10. The Balaban J connectivity index is 1.41. The second kappa shape index (κ2) is 8.08. The minimum atomic E-state index is -0.220. The summed E-state index contributed by atoms with van der Waals surface area (Å²) in [7, 11) is 1.90. The molecule has 0 atom stereocenters. The first-order valence-electron chi connectivity index (χ1n) is 9.48. The number of aromatic nitrogens is 2. The number of hydrogen-bond donors (Lipinski definition) is 1. The van der Waals surface area contributed by atoms with E-state index < -0.39 is 0 Å². The van der Waals surface area contributed by atoms with Gasteiger partial charge in [-0.15, -0.1) is 0 Å². The van der Waals surface area contributed by atoms with Gasteiger partial charge in [-0.05, 0) is 49.2 Å². The molecule has 0 aliphatic carbocycles. The van der Waals surface area contributed by atoms with Crippen molar-refractivity contribution >= 4 is 28.9 Å². The maximum Gasteiger partial charge on any atom is 0.258 e. The minimum absolute atomic E-state index is 0.220. The number of carbonyl (C=O) groups excluding carboxylic acids is 1. The van der Waals surface area contributed by atoms with Crippen LogP contribution in [0.25, 0.3) is 0 Å². The van der Waals surface area contributed by atoms with Gasteiger partial charge in [-0.2, -0.15) is 0 Å². The Labute approximate surface area is 164 Å². The Morgan fingerprint density at radius 3 is 2.25 bits per heavy atom. The van der Waals surface area contributed by atoms with E-state index in [2.05, 4.69) is 32.3 Å². The molecular formula is C22H23N5O. The molecule has 4 rings (SSSR count). The summed E-state index contributed by atoms with van der Waals surface area (Å²) >= 11 is 0. The molecule has 1 fully saturated rings. The van der Waals surface area contributed by atoms with Gasteiger partial charge in [0.15, 0.2) is 0 Å². The van der Waals surface area contributed by atoms with Crippen molar-refractivity contribution in [1.29, 1.82) is 0 Å². The Bertz CT molecular complexity index is 919. The molecule has 0 unspecified atom stereocenters. The minimum Gasteiger partial charge on any atom is -0.372 e. The zero-order valence-electron chi connectivity index (χ0n) is 15.9. The van der Waals surface area contributed by atoms with Gasteiger partial charge in [0.05, 0.1) is 5.56 Å². The van der Waals surface area contributed by atoms with Crippen LogP contribution >= 0.6 is 0 Å². The summed E-state index contributed by atoms with van der Waals surface area (Å²) in [6.45, 7) is 2.21. The van der Waals surface area contributed by atoms with Crippen molar-refractivity contribution in [2.75, 3.05) is 35.3 Å². The standard InChI is InChI=1S/C22H23N5O/c1-26(19-7-3-2-4-8-19)22-23-15-17(16-24-22)21(28)25-18-9-11-20(12-10-18)27-13-5-6-14-27/h2-4,7-12,15-16H,5-6,13-14H2,1H3,(H,25,28). The number of benzene rings is 2. The second-order valence-corrected chi connectivity index (χ2v) is 6.86. The highest BCUT2D eigenvalue weighted by Gasteiger charge is 2.13. The van der Waals surface area contributed by atoms with Gasteiger partial charge in [0, 0.05) is 49.6 Å². The van der Waals surface area contributed by atoms with Crippen molar-refractivity contribution in [3.05, 3.63) is 72.6 Å². The molecule has 1 aromatic heterocycles. The molecule has 0 saturated carbocycles. The van der Waals surface area contributed by atoms with E-state index in [4.69, 9.17) is 0 Å². The third-order valence-electron chi connectivity index (χ3n) is 4.94. The van der Waals surface area contributed by atoms with Crippen molar-refractivity contribution in [3.63, 3.8) is 0 Å². The smallest absolute Gasteiger partial charge is 0.258 e. The van der Waals surface area contributed by atoms with E-state index in [1.807, 2.05) is 54.4 Å². The molecule has 0 radical (unpaired) electrons. The van der Waals surface area contributed by atoms with Crippen LogP contribution in [0.4, 0.5) is 23.0 Å². The average molecular weight is 373 g/mol. The summed E-state index contributed by atoms with van der Waals surface area (Å²) in [6.07, 6.45) is 5.59. The first-order chi connectivity index (χ1) is 13.7. The highest BCUT2D eigenvalue weighted by molar-refractivity contribution is 6.04. The van der Waals surface area contributed by atoms with Crippen LogP contribution in [-0.2, 0) is 0 Å². The fourth-order valence-electron chi connectivity index (χ4n) is 3.31. The van der Waals surface area contributed by atoms with Crippen LogP contribution < -0.4 is 15.1 Å². The topological polar surface area (TPSA) is 61.4 Å². The van der Waals surface area contributed by atoms with Crippen LogP contribution in [0.2, 0.25) is 0 Å². The number of rotatable bonds is 5. The number of anilines is 4. The fraction of sp³-hybridized carbons (Fsp3) is 0.227. The van der Waals surface area contributed by atoms with Crippen molar-refractivity contribution in [1.82, 2.24) is 9.97 Å². The maximum absolute atomic E-state index is 12.5. The summed E-state index contributed by atoms with van der Waals surface area (Å²) < 4.78 is 0. The zero-order valence-corrected chi connectivity index (χ0v) is 15.9. The Morgan fingerprint density at radius 2 is 1.61 bits per heavy atom. The monoisotopic (exact) mass is 373 g/mol. The molecule has 1 N–H and O–H groups in total. The maximum atomic E-state index is 12.5. The number of nitrogens with zero attached hydrogens (tertiary/aromatic N) is 4. The van der Waals surface area contributed by atoms with Gasteiger partial charge in [0.2, 0.25) is 5.95 Å². The molecule has 28 heavy (non-hydrogen) atoms. The number of carbonyl (C=O) groups is 1. The van der Waals surface area contributed by atoms with Crippen LogP contribution in [0.1, 0.15) is 23.2 Å². The lowest BCUT2D eigenvalue weighted by atomic mass is 10.2. The summed E-state index contributed by atoms with van der Waals surface area (Å²) in [5, 5.41) is 2.91. The molecular weight excluding hydrogens is 350 g/mol. The summed E-state index contributed by atoms with van der Waals surface area (Å²) in [5.74, 6) is 0.320. The first kappa shape index (κ1) is 18.0. The van der Waals surface area contributed by atoms with E-state index in [0.29, 0.717) is 11.5 Å². The highest BCUT2D eigenvalue weighted by Crippen LogP contribution is 2.23. The van der Waals surface area contributed by atoms with Gasteiger partial charge >= 0.3 is 0 Å². The van der Waals surface area contributed by atoms with Gasteiger partial charge in [0.25, 0.3) is 5.91 Å². The van der Waals surface area contributed by atoms with Crippen molar-refractivity contribution < 1.29 is 4.79 Å². The van der Waals surface area contributed by atoms with Gasteiger partial charge in [-0.1, -0.05) is 18.2 Å². The first-order valence-corrected chi connectivity index (χ1v) is 9.48. The molecule has 1 aliphatic rings. The summed E-state index contributed by atoms with van der Waals surface area (Å²) in [4.78, 5) is 25.4. The van der Waals surface area contributed by atoms with Crippen molar-refractivity contribution in [2.24, 2.45) is 0 Å². The molecule has 2 aromatic carbocycles. The lowest BCUT2D eigenvalue weighted by Gasteiger charge is -2.18. The Morgan fingerprint density at radius 1 is 0.964 bits per heavy atom. The van der Waals surface area contributed by atoms with E-state index >= 15 is 0 Å². The van der Waals surface area contributed by atoms with E-state index in [-0.39, 0.29) is 5.91 Å². The van der Waals surface area contributed by atoms with Gasteiger partial charge < -0.3 is 15.1 Å². The van der Waals surface area contributed by atoms with E-state index in [1.54, 1.807) is 12.4 Å². The molecule has 3 aromatic rings. The second-order valence-electron chi connectivity index (χ2n) is 6.86. The third kappa shape index (κ3) is 3.96. The SMILES string of the molecule is CN(c1ccccc1)c1ncc(C(=O)Nc2ccc(N3CCCC3)cc2)cn1. The zero-order chi connectivity index (χ0) is 19.3. The number of hydrogen-bond acceptors (Lipinski definition) is 5. The Kier molecular flexibility index (Phi) is 5.19. The molecule has 142 valence electrons. The van der Waals surface area contributed by atoms with Crippen LogP contribution in [-0.4, -0.2) is 36.0 Å². The summed E-state index contributed by atoms with van der Waals surface area (Å²) in [6, 6.07) is 17.8.